The Morgan fingerprint density at radius 1 is 0.938 bits per heavy atom. The quantitative estimate of drug-likeness (QED) is 0.590. The zero-order valence-corrected chi connectivity index (χ0v) is 17.7. The number of aryl methyl sites for hydroxylation is 1. The Morgan fingerprint density at radius 2 is 1.72 bits per heavy atom. The molecular weight excluding hydrogens is 404 g/mol. The molecule has 3 aromatic carbocycles. The molecule has 0 radical (unpaired) electrons. The zero-order valence-electron chi connectivity index (χ0n) is 17.7. The van der Waals surface area contributed by atoms with Gasteiger partial charge in [0.15, 0.2) is 0 Å². The number of fused-ring (bicyclic) bond motifs is 2. The van der Waals surface area contributed by atoms with E-state index in [9.17, 15) is 14.4 Å². The van der Waals surface area contributed by atoms with Crippen molar-refractivity contribution in [3.05, 3.63) is 94.5 Å². The molecule has 160 valence electrons. The van der Waals surface area contributed by atoms with Gasteiger partial charge in [0.05, 0.1) is 30.5 Å². The summed E-state index contributed by atoms with van der Waals surface area (Å²) in [6, 6.07) is 19.9. The van der Waals surface area contributed by atoms with Crippen molar-refractivity contribution in [1.29, 1.82) is 0 Å². The molecule has 0 N–H and O–H groups in total. The van der Waals surface area contributed by atoms with E-state index in [2.05, 4.69) is 0 Å². The van der Waals surface area contributed by atoms with Crippen LogP contribution in [0.25, 0.3) is 0 Å². The van der Waals surface area contributed by atoms with Crippen molar-refractivity contribution in [2.45, 2.75) is 19.4 Å². The van der Waals surface area contributed by atoms with Gasteiger partial charge in [0.1, 0.15) is 5.75 Å². The lowest BCUT2D eigenvalue weighted by molar-refractivity contribution is 0.0642. The first-order valence-corrected chi connectivity index (χ1v) is 10.6. The van der Waals surface area contributed by atoms with E-state index >= 15 is 0 Å². The van der Waals surface area contributed by atoms with E-state index in [0.29, 0.717) is 23.4 Å². The highest BCUT2D eigenvalue weighted by molar-refractivity contribution is 6.22. The topological polar surface area (TPSA) is 66.9 Å². The van der Waals surface area contributed by atoms with Gasteiger partial charge in [0.25, 0.3) is 17.7 Å². The number of para-hydroxylation sites is 1. The summed E-state index contributed by atoms with van der Waals surface area (Å²) in [5, 5.41) is 0. The lowest BCUT2D eigenvalue weighted by atomic mass is 9.99. The number of hydrogen-bond acceptors (Lipinski definition) is 4. The molecular formula is C26H22N2O4. The number of nitrogens with zero attached hydrogens (tertiary/aromatic N) is 2. The second kappa shape index (κ2) is 7.96. The van der Waals surface area contributed by atoms with Gasteiger partial charge in [-0.05, 0) is 48.2 Å². The summed E-state index contributed by atoms with van der Waals surface area (Å²) in [7, 11) is 1.59. The fourth-order valence-electron chi connectivity index (χ4n) is 4.47. The third kappa shape index (κ3) is 3.24. The van der Waals surface area contributed by atoms with Crippen molar-refractivity contribution in [2.24, 2.45) is 0 Å². The van der Waals surface area contributed by atoms with Crippen LogP contribution in [0.3, 0.4) is 0 Å². The summed E-state index contributed by atoms with van der Waals surface area (Å²) in [5.41, 5.74) is 3.69. The van der Waals surface area contributed by atoms with Gasteiger partial charge >= 0.3 is 0 Å². The standard InChI is InChI=1S/C26H22N2O4/c1-32-22-11-5-9-18-10-6-14-27(23(18)22)24(29)19-12-13-20-21(15-19)26(31)28(25(20)30)16-17-7-3-2-4-8-17/h2-5,7-9,11-13,15H,6,10,14,16H2,1H3. The Kier molecular flexibility index (Phi) is 4.98. The number of imide groups is 1. The first-order chi connectivity index (χ1) is 15.6. The molecule has 3 amide bonds. The maximum absolute atomic E-state index is 13.5. The van der Waals surface area contributed by atoms with Gasteiger partial charge in [-0.2, -0.15) is 0 Å². The number of amides is 3. The Hall–Kier alpha value is -3.93. The van der Waals surface area contributed by atoms with Crippen LogP contribution in [-0.2, 0) is 13.0 Å². The molecule has 0 saturated carbocycles. The van der Waals surface area contributed by atoms with Gasteiger partial charge in [-0.1, -0.05) is 42.5 Å². The van der Waals surface area contributed by atoms with Crippen LogP contribution >= 0.6 is 0 Å². The fraction of sp³-hybridized carbons (Fsp3) is 0.192. The van der Waals surface area contributed by atoms with E-state index in [-0.39, 0.29) is 29.8 Å². The first kappa shape index (κ1) is 20.0. The molecule has 2 heterocycles. The van der Waals surface area contributed by atoms with Crippen LogP contribution in [-0.4, -0.2) is 36.3 Å². The smallest absolute Gasteiger partial charge is 0.261 e. The number of hydrogen-bond donors (Lipinski definition) is 0. The molecule has 32 heavy (non-hydrogen) atoms. The minimum atomic E-state index is -0.375. The molecule has 0 unspecified atom stereocenters. The average molecular weight is 426 g/mol. The molecule has 6 heteroatoms. The van der Waals surface area contributed by atoms with Crippen molar-refractivity contribution in [3.8, 4) is 5.75 Å². The van der Waals surface area contributed by atoms with E-state index in [1.54, 1.807) is 30.2 Å². The third-order valence-corrected chi connectivity index (χ3v) is 6.05. The molecule has 0 spiro atoms. The first-order valence-electron chi connectivity index (χ1n) is 10.6. The highest BCUT2D eigenvalue weighted by atomic mass is 16.5. The number of benzene rings is 3. The second-order valence-corrected chi connectivity index (χ2v) is 7.97. The normalized spacial score (nSPS) is 14.9. The highest BCUT2D eigenvalue weighted by Crippen LogP contribution is 2.37. The summed E-state index contributed by atoms with van der Waals surface area (Å²) in [5.74, 6) is -0.269. The van der Waals surface area contributed by atoms with E-state index in [1.165, 1.54) is 4.90 Å². The van der Waals surface area contributed by atoms with Crippen LogP contribution in [0.15, 0.2) is 66.7 Å². The van der Waals surface area contributed by atoms with Crippen LogP contribution in [0, 0.1) is 0 Å². The predicted octanol–water partition coefficient (Wildman–Crippen LogP) is 4.08. The van der Waals surface area contributed by atoms with Gasteiger partial charge < -0.3 is 9.64 Å². The van der Waals surface area contributed by atoms with Gasteiger partial charge in [0, 0.05) is 12.1 Å². The minimum absolute atomic E-state index is 0.202. The molecule has 3 aromatic rings. The Bertz CT molecular complexity index is 1220. The number of ether oxygens (including phenoxy) is 1. The van der Waals surface area contributed by atoms with Gasteiger partial charge in [-0.15, -0.1) is 0 Å². The van der Waals surface area contributed by atoms with Crippen LogP contribution < -0.4 is 9.64 Å². The Balaban J connectivity index is 1.46. The Morgan fingerprint density at radius 3 is 2.50 bits per heavy atom. The maximum atomic E-state index is 13.5. The maximum Gasteiger partial charge on any atom is 0.261 e. The second-order valence-electron chi connectivity index (χ2n) is 7.97. The van der Waals surface area contributed by atoms with E-state index < -0.39 is 0 Å². The van der Waals surface area contributed by atoms with Crippen LogP contribution in [0.2, 0.25) is 0 Å². The molecule has 0 aliphatic carbocycles. The van der Waals surface area contributed by atoms with Crippen molar-refractivity contribution >= 4 is 23.4 Å². The predicted molar refractivity (Wildman–Crippen MR) is 120 cm³/mol. The highest BCUT2D eigenvalue weighted by Gasteiger charge is 2.36. The number of anilines is 1. The van der Waals surface area contributed by atoms with Crippen molar-refractivity contribution in [2.75, 3.05) is 18.6 Å². The monoisotopic (exact) mass is 426 g/mol. The van der Waals surface area contributed by atoms with E-state index in [4.69, 9.17) is 4.74 Å². The molecule has 0 bridgehead atoms. The van der Waals surface area contributed by atoms with Crippen molar-refractivity contribution < 1.29 is 19.1 Å². The lowest BCUT2D eigenvalue weighted by Gasteiger charge is -2.31. The SMILES string of the molecule is COc1cccc2c1N(C(=O)c1ccc3c(c1)C(=O)N(Cc1ccccc1)C3=O)CCC2. The van der Waals surface area contributed by atoms with E-state index in [1.807, 2.05) is 48.5 Å². The van der Waals surface area contributed by atoms with Crippen molar-refractivity contribution in [3.63, 3.8) is 0 Å². The zero-order chi connectivity index (χ0) is 22.2. The van der Waals surface area contributed by atoms with E-state index in [0.717, 1.165) is 29.7 Å². The van der Waals surface area contributed by atoms with Crippen LogP contribution in [0.4, 0.5) is 5.69 Å². The summed E-state index contributed by atoms with van der Waals surface area (Å²) < 4.78 is 5.51. The molecule has 2 aliphatic heterocycles. The molecule has 0 saturated heterocycles. The Labute approximate surface area is 186 Å². The average Bonchev–Trinajstić information content (AvgIpc) is 3.07. The molecule has 0 aromatic heterocycles. The number of rotatable bonds is 4. The molecule has 6 nitrogen and oxygen atoms in total. The minimum Gasteiger partial charge on any atom is -0.495 e. The number of methoxy groups -OCH3 is 1. The van der Waals surface area contributed by atoms with Gasteiger partial charge in [0.2, 0.25) is 0 Å². The fourth-order valence-corrected chi connectivity index (χ4v) is 4.47. The van der Waals surface area contributed by atoms with Gasteiger partial charge in [-0.25, -0.2) is 0 Å². The molecule has 2 aliphatic rings. The summed E-state index contributed by atoms with van der Waals surface area (Å²) in [6.07, 6.45) is 1.72. The number of carbonyl (C=O) groups excluding carboxylic acids is 3. The van der Waals surface area contributed by atoms with Crippen molar-refractivity contribution in [1.82, 2.24) is 4.90 Å². The molecule has 5 rings (SSSR count). The summed E-state index contributed by atoms with van der Waals surface area (Å²) in [6.45, 7) is 0.767. The van der Waals surface area contributed by atoms with Crippen LogP contribution in [0.5, 0.6) is 5.75 Å². The van der Waals surface area contributed by atoms with Crippen LogP contribution in [0.1, 0.15) is 48.6 Å². The summed E-state index contributed by atoms with van der Waals surface area (Å²) >= 11 is 0. The lowest BCUT2D eigenvalue weighted by Crippen LogP contribution is -2.36. The van der Waals surface area contributed by atoms with Gasteiger partial charge in [-0.3, -0.25) is 19.3 Å². The largest absolute Gasteiger partial charge is 0.495 e. The number of carbonyl (C=O) groups is 3. The third-order valence-electron chi connectivity index (χ3n) is 6.05. The molecule has 0 atom stereocenters. The summed E-state index contributed by atoms with van der Waals surface area (Å²) in [4.78, 5) is 42.2. The molecule has 0 fully saturated rings.